The van der Waals surface area contributed by atoms with E-state index in [-0.39, 0.29) is 0 Å². The van der Waals surface area contributed by atoms with Gasteiger partial charge in [0.25, 0.3) is 0 Å². The van der Waals surface area contributed by atoms with Crippen molar-refractivity contribution in [2.45, 2.75) is 55.3 Å². The van der Waals surface area contributed by atoms with E-state index in [1.807, 2.05) is 29.7 Å². The molecule has 0 aliphatic heterocycles. The van der Waals surface area contributed by atoms with Crippen LogP contribution in [0.25, 0.3) is 10.4 Å². The number of hydrogen-bond donors (Lipinski definition) is 1. The van der Waals surface area contributed by atoms with Gasteiger partial charge >= 0.3 is 0 Å². The lowest BCUT2D eigenvalue weighted by Gasteiger charge is -2.29. The van der Waals surface area contributed by atoms with Gasteiger partial charge in [-0.1, -0.05) is 18.2 Å². The van der Waals surface area contributed by atoms with E-state index < -0.39 is 9.84 Å². The number of rotatable bonds is 8. The van der Waals surface area contributed by atoms with Crippen molar-refractivity contribution < 1.29 is 13.2 Å². The largest absolute Gasteiger partial charge is 0.495 e. The molecule has 0 unspecified atom stereocenters. The van der Waals surface area contributed by atoms with Gasteiger partial charge in [-0.05, 0) is 85.8 Å². The number of hydrogen-bond acceptors (Lipinski definition) is 6. The summed E-state index contributed by atoms with van der Waals surface area (Å²) in [5, 5.41) is 4.94. The van der Waals surface area contributed by atoms with Crippen LogP contribution in [0.3, 0.4) is 0 Å². The molecular weight excluding hydrogens is 464 g/mol. The summed E-state index contributed by atoms with van der Waals surface area (Å²) >= 11 is 1.83. The van der Waals surface area contributed by atoms with Gasteiger partial charge in [-0.15, -0.1) is 11.3 Å². The molecule has 3 aromatic rings. The zero-order chi connectivity index (χ0) is 23.7. The summed E-state index contributed by atoms with van der Waals surface area (Å²) in [4.78, 5) is 6.16. The molecule has 1 heterocycles. The maximum Gasteiger partial charge on any atom is 0.179 e. The van der Waals surface area contributed by atoms with Gasteiger partial charge < -0.3 is 10.1 Å². The van der Waals surface area contributed by atoms with E-state index in [0.717, 1.165) is 43.5 Å². The Morgan fingerprint density at radius 2 is 1.79 bits per heavy atom. The monoisotopic (exact) mass is 496 g/mol. The fourth-order valence-electron chi connectivity index (χ4n) is 4.92. The van der Waals surface area contributed by atoms with Crippen LogP contribution in [0.15, 0.2) is 53.6 Å². The molecule has 5 nitrogen and oxygen atoms in total. The highest BCUT2D eigenvalue weighted by Crippen LogP contribution is 2.43. The molecule has 0 atom stereocenters. The van der Waals surface area contributed by atoms with Crippen LogP contribution in [0.1, 0.15) is 60.9 Å². The normalized spacial score (nSPS) is 20.8. The van der Waals surface area contributed by atoms with E-state index in [1.165, 1.54) is 41.7 Å². The molecule has 0 amide bonds. The van der Waals surface area contributed by atoms with Crippen molar-refractivity contribution in [3.8, 4) is 16.2 Å². The summed E-state index contributed by atoms with van der Waals surface area (Å²) in [7, 11) is -1.80. The standard InChI is InChI=1S/C27H32N2O3S2/c1-32-24-13-12-21(15-26(24)34(2,30)31)19-8-6-18(7-9-19)16-28-23-5-3-4-22(14-23)25-17-29-27(33-25)20-10-11-20/h3-5,12-15,17-20,28H,6-11,16H2,1-2H3/t18-,19-. The SMILES string of the molecule is COc1ccc([C@H]2CC[C@H](CNc3cccc(-c4cnc(C5CC5)s4)c3)CC2)cc1S(C)(=O)=O. The molecule has 2 aliphatic rings. The molecule has 5 rings (SSSR count). The van der Waals surface area contributed by atoms with Crippen LogP contribution in [0.5, 0.6) is 5.75 Å². The first-order valence-electron chi connectivity index (χ1n) is 12.1. The highest BCUT2D eigenvalue weighted by atomic mass is 32.2. The first-order chi connectivity index (χ1) is 16.4. The third-order valence-electron chi connectivity index (χ3n) is 7.10. The predicted octanol–water partition coefficient (Wildman–Crippen LogP) is 6.49. The number of anilines is 1. The van der Waals surface area contributed by atoms with Gasteiger partial charge in [-0.3, -0.25) is 0 Å². The zero-order valence-electron chi connectivity index (χ0n) is 19.8. The Morgan fingerprint density at radius 1 is 1.03 bits per heavy atom. The summed E-state index contributed by atoms with van der Waals surface area (Å²) < 4.78 is 29.6. The van der Waals surface area contributed by atoms with Crippen molar-refractivity contribution in [1.29, 1.82) is 0 Å². The number of sulfone groups is 1. The minimum absolute atomic E-state index is 0.293. The Morgan fingerprint density at radius 3 is 2.50 bits per heavy atom. The average molecular weight is 497 g/mol. The molecule has 2 aliphatic carbocycles. The second-order valence-electron chi connectivity index (χ2n) is 9.70. The van der Waals surface area contributed by atoms with Gasteiger partial charge in [-0.25, -0.2) is 13.4 Å². The molecule has 2 saturated carbocycles. The number of aromatic nitrogens is 1. The van der Waals surface area contributed by atoms with Crippen LogP contribution in [-0.2, 0) is 9.84 Å². The molecule has 1 aromatic heterocycles. The second kappa shape index (κ2) is 9.70. The fourth-order valence-corrected chi connectivity index (χ4v) is 6.87. The Balaban J connectivity index is 1.17. The molecule has 180 valence electrons. The Kier molecular flexibility index (Phi) is 6.67. The maximum absolute atomic E-state index is 12.2. The van der Waals surface area contributed by atoms with Crippen molar-refractivity contribution in [2.75, 3.05) is 25.2 Å². The summed E-state index contributed by atoms with van der Waals surface area (Å²) in [5.41, 5.74) is 3.50. The molecule has 0 bridgehead atoms. The van der Waals surface area contributed by atoms with E-state index in [2.05, 4.69) is 34.6 Å². The lowest BCUT2D eigenvalue weighted by Crippen LogP contribution is -2.20. The summed E-state index contributed by atoms with van der Waals surface area (Å²) in [6.07, 6.45) is 10.3. The molecule has 0 saturated heterocycles. The van der Waals surface area contributed by atoms with Gasteiger partial charge in [0.05, 0.1) is 17.0 Å². The molecule has 7 heteroatoms. The quantitative estimate of drug-likeness (QED) is 0.386. The van der Waals surface area contributed by atoms with Crippen LogP contribution in [0, 0.1) is 5.92 Å². The van der Waals surface area contributed by atoms with E-state index in [4.69, 9.17) is 4.74 Å². The van der Waals surface area contributed by atoms with E-state index in [0.29, 0.717) is 28.4 Å². The molecule has 2 fully saturated rings. The lowest BCUT2D eigenvalue weighted by atomic mass is 9.78. The topological polar surface area (TPSA) is 68.3 Å². The Labute approximate surface area is 206 Å². The molecule has 2 aromatic carbocycles. The second-order valence-corrected chi connectivity index (χ2v) is 12.7. The number of nitrogens with zero attached hydrogens (tertiary/aromatic N) is 1. The minimum atomic E-state index is -3.32. The van der Waals surface area contributed by atoms with Crippen molar-refractivity contribution in [1.82, 2.24) is 4.98 Å². The van der Waals surface area contributed by atoms with Crippen molar-refractivity contribution in [3.05, 3.63) is 59.2 Å². The first kappa shape index (κ1) is 23.4. The van der Waals surface area contributed by atoms with Gasteiger partial charge in [0.1, 0.15) is 10.6 Å². The number of nitrogens with one attached hydrogen (secondary N) is 1. The third-order valence-corrected chi connectivity index (χ3v) is 9.42. The van der Waals surface area contributed by atoms with Gasteiger partial charge in [0, 0.05) is 30.6 Å². The maximum atomic E-state index is 12.2. The Bertz CT molecular complexity index is 1260. The summed E-state index contributed by atoms with van der Waals surface area (Å²) in [5.74, 6) is 2.15. The lowest BCUT2D eigenvalue weighted by molar-refractivity contribution is 0.338. The van der Waals surface area contributed by atoms with Crippen LogP contribution in [-0.4, -0.2) is 33.3 Å². The highest BCUT2D eigenvalue weighted by molar-refractivity contribution is 7.90. The summed E-state index contributed by atoms with van der Waals surface area (Å²) in [6, 6.07) is 14.3. The van der Waals surface area contributed by atoms with E-state index >= 15 is 0 Å². The van der Waals surface area contributed by atoms with Crippen molar-refractivity contribution in [2.24, 2.45) is 5.92 Å². The Hall–Kier alpha value is -2.38. The number of ether oxygens (including phenoxy) is 1. The minimum Gasteiger partial charge on any atom is -0.495 e. The number of methoxy groups -OCH3 is 1. The smallest absolute Gasteiger partial charge is 0.179 e. The number of benzene rings is 2. The van der Waals surface area contributed by atoms with Crippen molar-refractivity contribution in [3.63, 3.8) is 0 Å². The highest BCUT2D eigenvalue weighted by Gasteiger charge is 2.27. The average Bonchev–Trinajstić information content (AvgIpc) is 3.58. The number of thiazole rings is 1. The zero-order valence-corrected chi connectivity index (χ0v) is 21.4. The molecule has 34 heavy (non-hydrogen) atoms. The molecule has 0 radical (unpaired) electrons. The summed E-state index contributed by atoms with van der Waals surface area (Å²) in [6.45, 7) is 0.962. The molecular formula is C27H32N2O3S2. The van der Waals surface area contributed by atoms with Gasteiger partial charge in [0.15, 0.2) is 9.84 Å². The van der Waals surface area contributed by atoms with E-state index in [9.17, 15) is 8.42 Å². The van der Waals surface area contributed by atoms with E-state index in [1.54, 1.807) is 6.07 Å². The van der Waals surface area contributed by atoms with Gasteiger partial charge in [-0.2, -0.15) is 0 Å². The van der Waals surface area contributed by atoms with Crippen molar-refractivity contribution >= 4 is 26.9 Å². The fraction of sp³-hybridized carbons (Fsp3) is 0.444. The first-order valence-corrected chi connectivity index (χ1v) is 14.8. The van der Waals surface area contributed by atoms with Crippen LogP contribution in [0.2, 0.25) is 0 Å². The van der Waals surface area contributed by atoms with Crippen LogP contribution < -0.4 is 10.1 Å². The van der Waals surface area contributed by atoms with Crippen LogP contribution in [0.4, 0.5) is 5.69 Å². The van der Waals surface area contributed by atoms with Crippen LogP contribution >= 0.6 is 11.3 Å². The predicted molar refractivity (Wildman–Crippen MR) is 139 cm³/mol. The molecule has 1 N–H and O–H groups in total. The van der Waals surface area contributed by atoms with Gasteiger partial charge in [0.2, 0.25) is 0 Å². The molecule has 0 spiro atoms. The third kappa shape index (κ3) is 5.31.